The topological polar surface area (TPSA) is 84.2 Å². The van der Waals surface area contributed by atoms with Crippen LogP contribution in [0.25, 0.3) is 10.9 Å². The average Bonchev–Trinajstić information content (AvgIpc) is 3.30. The van der Waals surface area contributed by atoms with Crippen molar-refractivity contribution < 1.29 is 13.9 Å². The molecule has 4 rings (SSSR count). The van der Waals surface area contributed by atoms with Crippen LogP contribution in [0.5, 0.6) is 0 Å². The first-order valence-corrected chi connectivity index (χ1v) is 8.44. The highest BCUT2D eigenvalue weighted by Crippen LogP contribution is 2.25. The lowest BCUT2D eigenvalue weighted by Crippen LogP contribution is -2.42. The van der Waals surface area contributed by atoms with Crippen LogP contribution in [0.3, 0.4) is 0 Å². The number of benzene rings is 1. The number of carbonyl (C=O) groups is 1. The first-order chi connectivity index (χ1) is 12.1. The van der Waals surface area contributed by atoms with Crippen molar-refractivity contribution in [2.75, 3.05) is 19.7 Å². The van der Waals surface area contributed by atoms with Crippen LogP contribution >= 0.6 is 0 Å². The Morgan fingerprint density at radius 3 is 3.00 bits per heavy atom. The number of carbonyl (C=O) groups excluding carboxylic acids is 1. The number of H-pyrrole nitrogens is 1. The number of ether oxygens (including phenoxy) is 1. The van der Waals surface area contributed by atoms with Crippen molar-refractivity contribution in [2.24, 2.45) is 0 Å². The summed E-state index contributed by atoms with van der Waals surface area (Å²) in [5.41, 5.74) is 1.52. The smallest absolute Gasteiger partial charge is 0.256 e. The van der Waals surface area contributed by atoms with Crippen molar-refractivity contribution in [3.63, 3.8) is 0 Å². The Morgan fingerprint density at radius 2 is 2.20 bits per heavy atom. The second kappa shape index (κ2) is 6.33. The number of nitrogens with zero attached hydrogens (tertiary/aromatic N) is 3. The Hall–Kier alpha value is -2.67. The standard InChI is InChI=1S/C18H20N4O3/c1-11(2)16-20-21-17(25-16)14-10-22(8-9-24-14)18(23)13-5-3-4-12-6-7-19-15(12)13/h3-7,11,14,19H,8-10H2,1-2H3. The lowest BCUT2D eigenvalue weighted by atomic mass is 10.1. The molecule has 0 bridgehead atoms. The lowest BCUT2D eigenvalue weighted by Gasteiger charge is -2.31. The van der Waals surface area contributed by atoms with Gasteiger partial charge in [0.15, 0.2) is 6.10 Å². The number of fused-ring (bicyclic) bond motifs is 1. The molecule has 1 N–H and O–H groups in total. The van der Waals surface area contributed by atoms with Crippen molar-refractivity contribution in [1.82, 2.24) is 20.1 Å². The summed E-state index contributed by atoms with van der Waals surface area (Å²) in [6.45, 7) is 5.36. The van der Waals surface area contributed by atoms with Gasteiger partial charge in [0.2, 0.25) is 11.8 Å². The first-order valence-electron chi connectivity index (χ1n) is 8.44. The molecule has 1 saturated heterocycles. The quantitative estimate of drug-likeness (QED) is 0.792. The maximum Gasteiger partial charge on any atom is 0.256 e. The average molecular weight is 340 g/mol. The van der Waals surface area contributed by atoms with E-state index in [-0.39, 0.29) is 17.9 Å². The second-order valence-corrected chi connectivity index (χ2v) is 6.49. The molecule has 1 aliphatic rings. The van der Waals surface area contributed by atoms with Gasteiger partial charge in [-0.3, -0.25) is 4.79 Å². The third-order valence-electron chi connectivity index (χ3n) is 4.40. The molecule has 0 spiro atoms. The molecule has 3 aromatic rings. The molecule has 7 heteroatoms. The van der Waals surface area contributed by atoms with Crippen LogP contribution in [0.2, 0.25) is 0 Å². The predicted octanol–water partition coefficient (Wildman–Crippen LogP) is 2.89. The van der Waals surface area contributed by atoms with Gasteiger partial charge in [-0.15, -0.1) is 10.2 Å². The Bertz CT molecular complexity index is 899. The van der Waals surface area contributed by atoms with E-state index in [0.29, 0.717) is 37.0 Å². The SMILES string of the molecule is CC(C)c1nnc(C2CN(C(=O)c3cccc4cc[nH]c34)CCO2)o1. The van der Waals surface area contributed by atoms with Gasteiger partial charge in [0.1, 0.15) is 0 Å². The first kappa shape index (κ1) is 15.8. The van der Waals surface area contributed by atoms with E-state index >= 15 is 0 Å². The Balaban J connectivity index is 1.56. The predicted molar refractivity (Wildman–Crippen MR) is 91.3 cm³/mol. The molecule has 0 radical (unpaired) electrons. The largest absolute Gasteiger partial charge is 0.422 e. The van der Waals surface area contributed by atoms with Gasteiger partial charge in [-0.05, 0) is 12.1 Å². The highest BCUT2D eigenvalue weighted by atomic mass is 16.5. The number of nitrogens with one attached hydrogen (secondary N) is 1. The zero-order valence-corrected chi connectivity index (χ0v) is 14.2. The zero-order chi connectivity index (χ0) is 17.4. The number of hydrogen-bond donors (Lipinski definition) is 1. The van der Waals surface area contributed by atoms with E-state index in [4.69, 9.17) is 9.15 Å². The van der Waals surface area contributed by atoms with Gasteiger partial charge in [0.25, 0.3) is 5.91 Å². The Kier molecular flexibility index (Phi) is 4.01. The normalized spacial score (nSPS) is 18.2. The summed E-state index contributed by atoms with van der Waals surface area (Å²) in [5.74, 6) is 1.15. The second-order valence-electron chi connectivity index (χ2n) is 6.49. The molecule has 1 amide bonds. The van der Waals surface area contributed by atoms with Crippen LogP contribution in [0.1, 0.15) is 48.0 Å². The molecular weight excluding hydrogens is 320 g/mol. The molecule has 130 valence electrons. The summed E-state index contributed by atoms with van der Waals surface area (Å²) >= 11 is 0. The minimum Gasteiger partial charge on any atom is -0.422 e. The summed E-state index contributed by atoms with van der Waals surface area (Å²) < 4.78 is 11.4. The van der Waals surface area contributed by atoms with Crippen molar-refractivity contribution >= 4 is 16.8 Å². The number of morpholine rings is 1. The van der Waals surface area contributed by atoms with E-state index in [0.717, 1.165) is 10.9 Å². The van der Waals surface area contributed by atoms with Gasteiger partial charge in [0.05, 0.1) is 24.2 Å². The summed E-state index contributed by atoms with van der Waals surface area (Å²) in [4.78, 5) is 17.9. The van der Waals surface area contributed by atoms with E-state index in [9.17, 15) is 4.79 Å². The fourth-order valence-corrected chi connectivity index (χ4v) is 3.03. The molecule has 7 nitrogen and oxygen atoms in total. The van der Waals surface area contributed by atoms with Crippen molar-refractivity contribution in [3.05, 3.63) is 47.8 Å². The summed E-state index contributed by atoms with van der Waals surface area (Å²) in [6.07, 6.45) is 1.45. The molecule has 25 heavy (non-hydrogen) atoms. The zero-order valence-electron chi connectivity index (χ0n) is 14.2. The van der Waals surface area contributed by atoms with E-state index in [1.54, 1.807) is 4.90 Å². The highest BCUT2D eigenvalue weighted by Gasteiger charge is 2.30. The summed E-state index contributed by atoms with van der Waals surface area (Å²) in [7, 11) is 0. The molecular formula is C18H20N4O3. The van der Waals surface area contributed by atoms with Crippen molar-refractivity contribution in [2.45, 2.75) is 25.9 Å². The lowest BCUT2D eigenvalue weighted by molar-refractivity contribution is -0.0350. The number of aromatic nitrogens is 3. The molecule has 1 atom stereocenters. The monoisotopic (exact) mass is 340 g/mol. The fraction of sp³-hybridized carbons (Fsp3) is 0.389. The van der Waals surface area contributed by atoms with Crippen molar-refractivity contribution in [3.8, 4) is 0 Å². The van der Waals surface area contributed by atoms with Gasteiger partial charge >= 0.3 is 0 Å². The van der Waals surface area contributed by atoms with E-state index < -0.39 is 0 Å². The maximum atomic E-state index is 13.0. The van der Waals surface area contributed by atoms with Crippen LogP contribution < -0.4 is 0 Å². The van der Waals surface area contributed by atoms with Gasteiger partial charge < -0.3 is 19.0 Å². The molecule has 2 aromatic heterocycles. The Morgan fingerprint density at radius 1 is 1.32 bits per heavy atom. The number of amides is 1. The van der Waals surface area contributed by atoms with Crippen LogP contribution in [-0.4, -0.2) is 45.7 Å². The fourth-order valence-electron chi connectivity index (χ4n) is 3.03. The minimum atomic E-state index is -0.388. The third kappa shape index (κ3) is 2.91. The van der Waals surface area contributed by atoms with E-state index in [1.807, 2.05) is 44.3 Å². The molecule has 1 unspecified atom stereocenters. The molecule has 0 saturated carbocycles. The number of para-hydroxylation sites is 1. The van der Waals surface area contributed by atoms with E-state index in [2.05, 4.69) is 15.2 Å². The maximum absolute atomic E-state index is 13.0. The number of aromatic amines is 1. The summed E-state index contributed by atoms with van der Waals surface area (Å²) in [5, 5.41) is 9.15. The molecule has 0 aliphatic carbocycles. The van der Waals surface area contributed by atoms with Gasteiger partial charge in [0, 0.05) is 24.0 Å². The van der Waals surface area contributed by atoms with Gasteiger partial charge in [-0.1, -0.05) is 26.0 Å². The van der Waals surface area contributed by atoms with Crippen LogP contribution in [0.4, 0.5) is 0 Å². The highest BCUT2D eigenvalue weighted by molar-refractivity contribution is 6.05. The third-order valence-corrected chi connectivity index (χ3v) is 4.40. The molecule has 3 heterocycles. The van der Waals surface area contributed by atoms with Gasteiger partial charge in [-0.2, -0.15) is 0 Å². The van der Waals surface area contributed by atoms with Crippen LogP contribution in [-0.2, 0) is 4.74 Å². The molecule has 1 fully saturated rings. The number of rotatable bonds is 3. The summed E-state index contributed by atoms with van der Waals surface area (Å²) in [6, 6.07) is 7.68. The molecule has 1 aromatic carbocycles. The molecule has 1 aliphatic heterocycles. The Labute approximate surface area is 145 Å². The van der Waals surface area contributed by atoms with Crippen LogP contribution in [0.15, 0.2) is 34.9 Å². The number of hydrogen-bond acceptors (Lipinski definition) is 5. The van der Waals surface area contributed by atoms with Crippen LogP contribution in [0, 0.1) is 0 Å². The van der Waals surface area contributed by atoms with Gasteiger partial charge in [-0.25, -0.2) is 0 Å². The van der Waals surface area contributed by atoms with Crippen molar-refractivity contribution in [1.29, 1.82) is 0 Å². The van der Waals surface area contributed by atoms with E-state index in [1.165, 1.54) is 0 Å². The minimum absolute atomic E-state index is 0.0232.